The van der Waals surface area contributed by atoms with E-state index in [1.54, 1.807) is 0 Å². The highest BCUT2D eigenvalue weighted by atomic mass is 31.1. The topological polar surface area (TPSA) is 0 Å². The van der Waals surface area contributed by atoms with Gasteiger partial charge in [0.15, 0.2) is 0 Å². The van der Waals surface area contributed by atoms with E-state index in [-0.39, 0.29) is 0 Å². The molecule has 1 saturated heterocycles. The third-order valence-corrected chi connectivity index (χ3v) is 4.27. The molecule has 1 fully saturated rings. The van der Waals surface area contributed by atoms with Crippen molar-refractivity contribution in [3.8, 4) is 0 Å². The summed E-state index contributed by atoms with van der Waals surface area (Å²) in [5.74, 6) is 0. The summed E-state index contributed by atoms with van der Waals surface area (Å²) in [5.41, 5.74) is 0. The minimum atomic E-state index is 0.405. The lowest BCUT2D eigenvalue weighted by Gasteiger charge is -2.19. The van der Waals surface area contributed by atoms with Gasteiger partial charge in [-0.25, -0.2) is 0 Å². The molecule has 8 heavy (non-hydrogen) atoms. The van der Waals surface area contributed by atoms with Crippen LogP contribution in [0.25, 0.3) is 0 Å². The van der Waals surface area contributed by atoms with Crippen molar-refractivity contribution in [2.24, 2.45) is 0 Å². The molecule has 0 bridgehead atoms. The third-order valence-electron chi connectivity index (χ3n) is 1.76. The number of hydrogen-bond acceptors (Lipinski definition) is 0. The summed E-state index contributed by atoms with van der Waals surface area (Å²) >= 11 is 0. The second kappa shape index (κ2) is 3.51. The van der Waals surface area contributed by atoms with Gasteiger partial charge in [-0.15, -0.1) is 7.80 Å². The van der Waals surface area contributed by atoms with Crippen molar-refractivity contribution in [2.45, 2.75) is 26.1 Å². The fourth-order valence-electron chi connectivity index (χ4n) is 1.18. The molecule has 1 aliphatic rings. The van der Waals surface area contributed by atoms with Gasteiger partial charge in [0.2, 0.25) is 0 Å². The molecule has 1 rings (SSSR count). The number of hydrogen-bond donors (Lipinski definition) is 0. The van der Waals surface area contributed by atoms with Crippen LogP contribution < -0.4 is 0 Å². The van der Waals surface area contributed by atoms with Crippen LogP contribution in [0.5, 0.6) is 0 Å². The smallest absolute Gasteiger partial charge is 0.143 e. The molecule has 0 N–H and O–H groups in total. The predicted octanol–water partition coefficient (Wildman–Crippen LogP) is 2.32. The summed E-state index contributed by atoms with van der Waals surface area (Å²) in [6.45, 7) is 4.64. The first-order chi connectivity index (χ1) is 3.93. The average molecular weight is 127 g/mol. The Bertz CT molecular complexity index is 59.5. The Balaban J connectivity index is 2.13. The van der Waals surface area contributed by atoms with Crippen molar-refractivity contribution in [1.82, 2.24) is 0 Å². The maximum atomic E-state index is 2.43. The molecule has 1 heterocycles. The van der Waals surface area contributed by atoms with Crippen LogP contribution in [0.1, 0.15) is 19.3 Å². The van der Waals surface area contributed by atoms with Gasteiger partial charge in [-0.2, -0.15) is 0 Å². The van der Waals surface area contributed by atoms with Crippen molar-refractivity contribution in [3.63, 3.8) is 0 Å². The van der Waals surface area contributed by atoms with Gasteiger partial charge in [-0.05, 0) is 12.3 Å². The third kappa shape index (κ3) is 1.78. The van der Waals surface area contributed by atoms with Crippen molar-refractivity contribution in [1.29, 1.82) is 0 Å². The lowest BCUT2D eigenvalue weighted by Crippen LogP contribution is -2.01. The van der Waals surface area contributed by atoms with Crippen molar-refractivity contribution >= 4 is 14.8 Å². The van der Waals surface area contributed by atoms with Gasteiger partial charge < -0.3 is 0 Å². The highest BCUT2D eigenvalue weighted by molar-refractivity contribution is 7.85. The molecule has 0 spiro atoms. The Morgan fingerprint density at radius 1 is 1.12 bits per heavy atom. The molecule has 0 aromatic rings. The highest BCUT2D eigenvalue weighted by Gasteiger charge is 2.09. The molecule has 0 nitrogen and oxygen atoms in total. The summed E-state index contributed by atoms with van der Waals surface area (Å²) in [6.07, 6.45) is 7.52. The summed E-state index contributed by atoms with van der Waals surface area (Å²) < 4.78 is 0. The Hall–Kier alpha value is 0.495. The fraction of sp³-hybridized carbons (Fsp3) is 1.00. The summed E-state index contributed by atoms with van der Waals surface area (Å²) in [5, 5.41) is 0. The van der Waals surface area contributed by atoms with Crippen molar-refractivity contribution in [3.05, 3.63) is 0 Å². The van der Waals surface area contributed by atoms with E-state index in [1.807, 2.05) is 0 Å². The predicted molar refractivity (Wildman–Crippen MR) is 42.1 cm³/mol. The molecule has 0 atom stereocenters. The summed E-state index contributed by atoms with van der Waals surface area (Å²) in [6, 6.07) is 0. The molecule has 0 saturated carbocycles. The van der Waals surface area contributed by atoms with E-state index in [0.29, 0.717) is 7.80 Å². The molecule has 1 radical (unpaired) electrons. The standard InChI is InChI=1S/C6H13BP/c1-7-8-5-3-2-4-6-8/h2-6H2,1H3. The Labute approximate surface area is 54.0 Å². The first kappa shape index (κ1) is 6.61. The molecular weight excluding hydrogens is 114 g/mol. The lowest BCUT2D eigenvalue weighted by atomic mass is 10.2. The Morgan fingerprint density at radius 3 is 2.12 bits per heavy atom. The maximum absolute atomic E-state index is 2.43. The monoisotopic (exact) mass is 127 g/mol. The first-order valence-electron chi connectivity index (χ1n) is 3.47. The van der Waals surface area contributed by atoms with Crippen LogP contribution in [-0.2, 0) is 0 Å². The van der Waals surface area contributed by atoms with Crippen LogP contribution in [0.15, 0.2) is 0 Å². The van der Waals surface area contributed by atoms with E-state index in [4.69, 9.17) is 0 Å². The quantitative estimate of drug-likeness (QED) is 0.374. The maximum Gasteiger partial charge on any atom is 0.143 e. The minimum absolute atomic E-state index is 0.405. The van der Waals surface area contributed by atoms with Gasteiger partial charge in [0.05, 0.1) is 0 Å². The molecule has 2 heteroatoms. The molecule has 0 aromatic heterocycles. The van der Waals surface area contributed by atoms with Crippen molar-refractivity contribution in [2.75, 3.05) is 12.3 Å². The highest BCUT2D eigenvalue weighted by Crippen LogP contribution is 2.39. The molecule has 0 aromatic carbocycles. The van der Waals surface area contributed by atoms with Crippen LogP contribution in [0.3, 0.4) is 0 Å². The molecular formula is C6H13BP. The minimum Gasteiger partial charge on any atom is -0.148 e. The largest absolute Gasteiger partial charge is 0.148 e. The lowest BCUT2D eigenvalue weighted by molar-refractivity contribution is 0.757. The zero-order valence-corrected chi connectivity index (χ0v) is 6.45. The van der Waals surface area contributed by atoms with E-state index in [1.165, 1.54) is 31.6 Å². The van der Waals surface area contributed by atoms with Gasteiger partial charge in [-0.1, -0.05) is 26.1 Å². The van der Waals surface area contributed by atoms with E-state index in [9.17, 15) is 0 Å². The van der Waals surface area contributed by atoms with E-state index < -0.39 is 0 Å². The fourth-order valence-corrected chi connectivity index (χ4v) is 3.18. The van der Waals surface area contributed by atoms with Crippen LogP contribution in [0, 0.1) is 0 Å². The SMILES string of the molecule is C[B]P1CCCCC1. The molecule has 0 unspecified atom stereocenters. The summed E-state index contributed by atoms with van der Waals surface area (Å²) in [7, 11) is 0.405. The van der Waals surface area contributed by atoms with Crippen molar-refractivity contribution < 1.29 is 0 Å². The first-order valence-corrected chi connectivity index (χ1v) is 5.25. The normalized spacial score (nSPS) is 23.1. The van der Waals surface area contributed by atoms with Gasteiger partial charge >= 0.3 is 0 Å². The zero-order valence-electron chi connectivity index (χ0n) is 5.56. The van der Waals surface area contributed by atoms with Gasteiger partial charge in [0.1, 0.15) is 7.00 Å². The molecule has 45 valence electrons. The van der Waals surface area contributed by atoms with Crippen LogP contribution in [-0.4, -0.2) is 19.3 Å². The van der Waals surface area contributed by atoms with Gasteiger partial charge in [0, 0.05) is 0 Å². The molecule has 0 aliphatic carbocycles. The van der Waals surface area contributed by atoms with E-state index in [2.05, 4.69) is 13.8 Å². The number of rotatable bonds is 1. The Kier molecular flexibility index (Phi) is 2.90. The van der Waals surface area contributed by atoms with E-state index in [0.717, 1.165) is 0 Å². The summed E-state index contributed by atoms with van der Waals surface area (Å²) in [4.78, 5) is 0. The zero-order chi connectivity index (χ0) is 5.82. The van der Waals surface area contributed by atoms with Crippen LogP contribution in [0.2, 0.25) is 6.82 Å². The second-order valence-corrected chi connectivity index (χ2v) is 4.94. The Morgan fingerprint density at radius 2 is 1.75 bits per heavy atom. The van der Waals surface area contributed by atoms with E-state index >= 15 is 0 Å². The van der Waals surface area contributed by atoms with Crippen LogP contribution >= 0.6 is 7.80 Å². The van der Waals surface area contributed by atoms with Gasteiger partial charge in [0.25, 0.3) is 0 Å². The molecule has 0 amide bonds. The average Bonchev–Trinajstić information content (AvgIpc) is 1.90. The molecule has 1 aliphatic heterocycles. The van der Waals surface area contributed by atoms with Gasteiger partial charge in [-0.3, -0.25) is 0 Å². The second-order valence-electron chi connectivity index (χ2n) is 2.35. The van der Waals surface area contributed by atoms with Crippen LogP contribution in [0.4, 0.5) is 0 Å².